The molecule has 0 saturated carbocycles. The van der Waals surface area contributed by atoms with Crippen LogP contribution in [0.2, 0.25) is 0 Å². The summed E-state index contributed by atoms with van der Waals surface area (Å²) in [6, 6.07) is 10.1. The lowest BCUT2D eigenvalue weighted by molar-refractivity contribution is 0.191. The molecule has 5 heteroatoms. The van der Waals surface area contributed by atoms with Gasteiger partial charge in [-0.05, 0) is 0 Å². The molecule has 5 nitrogen and oxygen atoms in total. The number of fused-ring (bicyclic) bond motifs is 1. The molecular weight excluding hydrogens is 264 g/mol. The second kappa shape index (κ2) is 5.18. The van der Waals surface area contributed by atoms with E-state index in [1.807, 2.05) is 42.7 Å². The van der Waals surface area contributed by atoms with E-state index in [1.165, 1.54) is 0 Å². The molecule has 1 aliphatic heterocycles. The van der Waals surface area contributed by atoms with Crippen molar-refractivity contribution in [1.82, 2.24) is 19.4 Å². The van der Waals surface area contributed by atoms with Crippen molar-refractivity contribution in [1.29, 1.82) is 0 Å². The van der Waals surface area contributed by atoms with Crippen molar-refractivity contribution in [3.63, 3.8) is 0 Å². The highest BCUT2D eigenvalue weighted by atomic mass is 16.4. The Labute approximate surface area is 122 Å². The molecule has 0 amide bonds. The third-order valence-electron chi connectivity index (χ3n) is 3.79. The van der Waals surface area contributed by atoms with E-state index in [4.69, 9.17) is 4.42 Å². The van der Waals surface area contributed by atoms with Gasteiger partial charge in [-0.25, -0.2) is 9.97 Å². The quantitative estimate of drug-likeness (QED) is 0.739. The van der Waals surface area contributed by atoms with Crippen molar-refractivity contribution in [2.24, 2.45) is 0 Å². The number of aromatic nitrogens is 3. The number of benzene rings is 1. The smallest absolute Gasteiger partial charge is 0.209 e. The maximum absolute atomic E-state index is 5.86. The van der Waals surface area contributed by atoms with Crippen LogP contribution >= 0.6 is 0 Å². The average Bonchev–Trinajstić information content (AvgIpc) is 3.17. The van der Waals surface area contributed by atoms with Gasteiger partial charge in [-0.15, -0.1) is 0 Å². The van der Waals surface area contributed by atoms with E-state index in [0.29, 0.717) is 0 Å². The van der Waals surface area contributed by atoms with Crippen molar-refractivity contribution in [2.45, 2.75) is 19.6 Å². The molecule has 0 bridgehead atoms. The first-order chi connectivity index (χ1) is 10.4. The van der Waals surface area contributed by atoms with Gasteiger partial charge >= 0.3 is 0 Å². The van der Waals surface area contributed by atoms with Gasteiger partial charge in [0.15, 0.2) is 5.76 Å². The Morgan fingerprint density at radius 2 is 2.00 bits per heavy atom. The Hall–Kier alpha value is -2.40. The molecule has 0 spiro atoms. The summed E-state index contributed by atoms with van der Waals surface area (Å²) >= 11 is 0. The van der Waals surface area contributed by atoms with E-state index in [-0.39, 0.29) is 0 Å². The monoisotopic (exact) mass is 280 g/mol. The zero-order valence-electron chi connectivity index (χ0n) is 11.6. The van der Waals surface area contributed by atoms with Crippen LogP contribution in [0.15, 0.2) is 53.3 Å². The van der Waals surface area contributed by atoms with Gasteiger partial charge in [0.25, 0.3) is 0 Å². The molecular formula is C16H16N4O. The first-order valence-corrected chi connectivity index (χ1v) is 7.11. The predicted octanol–water partition coefficient (Wildman–Crippen LogP) is 2.55. The lowest BCUT2D eigenvalue weighted by atomic mass is 10.2. The minimum Gasteiger partial charge on any atom is -0.439 e. The van der Waals surface area contributed by atoms with E-state index < -0.39 is 0 Å². The molecule has 0 saturated heterocycles. The highest BCUT2D eigenvalue weighted by molar-refractivity contribution is 5.55. The van der Waals surface area contributed by atoms with Crippen LogP contribution < -0.4 is 0 Å². The van der Waals surface area contributed by atoms with Crippen LogP contribution in [0.25, 0.3) is 11.3 Å². The summed E-state index contributed by atoms with van der Waals surface area (Å²) in [5.74, 6) is 2.69. The Bertz CT molecular complexity index is 732. The number of hydrogen-bond acceptors (Lipinski definition) is 4. The van der Waals surface area contributed by atoms with Crippen molar-refractivity contribution in [3.8, 4) is 11.3 Å². The molecule has 3 heterocycles. The summed E-state index contributed by atoms with van der Waals surface area (Å²) in [7, 11) is 0. The van der Waals surface area contributed by atoms with Gasteiger partial charge in [0.1, 0.15) is 5.82 Å². The predicted molar refractivity (Wildman–Crippen MR) is 78.3 cm³/mol. The normalized spacial score (nSPS) is 15.0. The van der Waals surface area contributed by atoms with Crippen molar-refractivity contribution in [3.05, 3.63) is 60.6 Å². The van der Waals surface area contributed by atoms with Crippen molar-refractivity contribution >= 4 is 0 Å². The van der Waals surface area contributed by atoms with Gasteiger partial charge in [0.2, 0.25) is 5.89 Å². The molecule has 0 fully saturated rings. The second-order valence-electron chi connectivity index (χ2n) is 5.23. The second-order valence-corrected chi connectivity index (χ2v) is 5.23. The molecule has 106 valence electrons. The first kappa shape index (κ1) is 12.3. The van der Waals surface area contributed by atoms with Crippen LogP contribution in [0.5, 0.6) is 0 Å². The average molecular weight is 280 g/mol. The number of rotatable bonds is 3. The minimum absolute atomic E-state index is 0.722. The molecule has 2 aromatic heterocycles. The van der Waals surface area contributed by atoms with Crippen molar-refractivity contribution in [2.75, 3.05) is 6.54 Å². The fourth-order valence-corrected chi connectivity index (χ4v) is 2.67. The van der Waals surface area contributed by atoms with E-state index in [9.17, 15) is 0 Å². The summed E-state index contributed by atoms with van der Waals surface area (Å²) in [5, 5.41) is 0. The molecule has 1 aliphatic rings. The van der Waals surface area contributed by atoms with Crippen LogP contribution in [0.1, 0.15) is 11.7 Å². The summed E-state index contributed by atoms with van der Waals surface area (Å²) < 4.78 is 8.06. The SMILES string of the molecule is c1ccc(-c2cnc(CN3CCn4ccnc4C3)o2)cc1. The molecule has 0 N–H and O–H groups in total. The van der Waals surface area contributed by atoms with Gasteiger partial charge in [-0.1, -0.05) is 30.3 Å². The number of oxazole rings is 1. The Morgan fingerprint density at radius 1 is 1.10 bits per heavy atom. The van der Waals surface area contributed by atoms with Crippen LogP contribution in [-0.2, 0) is 19.6 Å². The summed E-state index contributed by atoms with van der Waals surface area (Å²) in [6.45, 7) is 3.53. The van der Waals surface area contributed by atoms with Crippen molar-refractivity contribution < 1.29 is 4.42 Å². The minimum atomic E-state index is 0.722. The molecule has 0 atom stereocenters. The zero-order chi connectivity index (χ0) is 14.1. The first-order valence-electron chi connectivity index (χ1n) is 7.11. The van der Waals surface area contributed by atoms with E-state index in [0.717, 1.165) is 49.2 Å². The number of hydrogen-bond donors (Lipinski definition) is 0. The largest absolute Gasteiger partial charge is 0.439 e. The fourth-order valence-electron chi connectivity index (χ4n) is 2.67. The maximum Gasteiger partial charge on any atom is 0.209 e. The molecule has 0 aliphatic carbocycles. The summed E-state index contributed by atoms with van der Waals surface area (Å²) in [4.78, 5) is 11.1. The third-order valence-corrected chi connectivity index (χ3v) is 3.79. The molecule has 21 heavy (non-hydrogen) atoms. The maximum atomic E-state index is 5.86. The number of imidazole rings is 1. The molecule has 0 radical (unpaired) electrons. The molecule has 1 aromatic carbocycles. The fraction of sp³-hybridized carbons (Fsp3) is 0.250. The summed E-state index contributed by atoms with van der Waals surface area (Å²) in [5.41, 5.74) is 1.06. The zero-order valence-corrected chi connectivity index (χ0v) is 11.6. The van der Waals surface area contributed by atoms with Crippen LogP contribution in [0.3, 0.4) is 0 Å². The van der Waals surface area contributed by atoms with E-state index in [1.54, 1.807) is 6.20 Å². The Balaban J connectivity index is 1.48. The number of nitrogens with zero attached hydrogens (tertiary/aromatic N) is 4. The van der Waals surface area contributed by atoms with Gasteiger partial charge in [-0.2, -0.15) is 0 Å². The molecule has 4 rings (SSSR count). The van der Waals surface area contributed by atoms with Crippen LogP contribution in [0, 0.1) is 0 Å². The Morgan fingerprint density at radius 3 is 2.90 bits per heavy atom. The molecule has 3 aromatic rings. The lowest BCUT2D eigenvalue weighted by Gasteiger charge is -2.26. The molecule has 0 unspecified atom stereocenters. The Kier molecular flexibility index (Phi) is 3.05. The van der Waals surface area contributed by atoms with E-state index in [2.05, 4.69) is 19.4 Å². The van der Waals surface area contributed by atoms with Gasteiger partial charge in [0, 0.05) is 31.0 Å². The summed E-state index contributed by atoms with van der Waals surface area (Å²) in [6.07, 6.45) is 5.69. The third kappa shape index (κ3) is 2.48. The topological polar surface area (TPSA) is 47.1 Å². The van der Waals surface area contributed by atoms with Crippen LogP contribution in [0.4, 0.5) is 0 Å². The highest BCUT2D eigenvalue weighted by Gasteiger charge is 2.18. The standard InChI is InChI=1S/C16H16N4O/c1-2-4-13(5-3-1)14-10-18-16(21-14)12-19-8-9-20-7-6-17-15(20)11-19/h1-7,10H,8-9,11-12H2. The highest BCUT2D eigenvalue weighted by Crippen LogP contribution is 2.21. The van der Waals surface area contributed by atoms with E-state index >= 15 is 0 Å². The van der Waals surface area contributed by atoms with Crippen LogP contribution in [-0.4, -0.2) is 26.0 Å². The lowest BCUT2D eigenvalue weighted by Crippen LogP contribution is -2.33. The van der Waals surface area contributed by atoms with Gasteiger partial charge in [0.05, 0.1) is 19.3 Å². The van der Waals surface area contributed by atoms with Gasteiger partial charge in [-0.3, -0.25) is 4.90 Å². The van der Waals surface area contributed by atoms with Gasteiger partial charge < -0.3 is 8.98 Å².